The van der Waals surface area contributed by atoms with Gasteiger partial charge >= 0.3 is 0 Å². The molecule has 1 aromatic rings. The molecule has 1 spiro atoms. The smallest absolute Gasteiger partial charge is 0.132 e. The molecule has 1 unspecified atom stereocenters. The Kier molecular flexibility index (Phi) is 2.16. The molecule has 0 fully saturated rings. The summed E-state index contributed by atoms with van der Waals surface area (Å²) in [7, 11) is 0. The Balaban J connectivity index is 1.82. The van der Waals surface area contributed by atoms with Crippen molar-refractivity contribution in [3.63, 3.8) is 0 Å². The molecule has 3 heterocycles. The normalized spacial score (nSPS) is 28.0. The van der Waals surface area contributed by atoms with Gasteiger partial charge in [-0.3, -0.25) is 4.99 Å². The lowest BCUT2D eigenvalue weighted by Crippen LogP contribution is -2.50. The number of allylic oxidation sites excluding steroid dienone is 3. The molecule has 0 saturated carbocycles. The fourth-order valence-electron chi connectivity index (χ4n) is 3.33. The fourth-order valence-corrected chi connectivity index (χ4v) is 4.21. The van der Waals surface area contributed by atoms with Crippen LogP contribution in [0.2, 0.25) is 0 Å². The molecular formula is C16H11N3OS. The Bertz CT molecular complexity index is 815. The monoisotopic (exact) mass is 293 g/mol. The third kappa shape index (κ3) is 1.34. The highest BCUT2D eigenvalue weighted by atomic mass is 32.2. The molecule has 4 nitrogen and oxygen atoms in total. The van der Waals surface area contributed by atoms with Gasteiger partial charge in [-0.15, -0.1) is 11.8 Å². The van der Waals surface area contributed by atoms with Crippen LogP contribution in [0, 0.1) is 5.41 Å². The number of aliphatic imine (C=N–C) groups is 3. The van der Waals surface area contributed by atoms with Gasteiger partial charge in [-0.1, -0.05) is 12.1 Å². The molecule has 0 bridgehead atoms. The SMILES string of the molecule is C1=NC2=CC=C3SCN=C3C23COc2ccccc2C3=N1. The minimum atomic E-state index is -0.434. The molecule has 21 heavy (non-hydrogen) atoms. The highest BCUT2D eigenvalue weighted by molar-refractivity contribution is 8.04. The lowest BCUT2D eigenvalue weighted by atomic mass is 9.69. The summed E-state index contributed by atoms with van der Waals surface area (Å²) in [4.78, 5) is 15.0. The van der Waals surface area contributed by atoms with Crippen molar-refractivity contribution in [2.75, 3.05) is 12.5 Å². The molecule has 1 atom stereocenters. The first-order valence-corrected chi connectivity index (χ1v) is 7.82. The molecule has 102 valence electrons. The highest BCUT2D eigenvalue weighted by Crippen LogP contribution is 2.49. The molecule has 0 radical (unpaired) electrons. The van der Waals surface area contributed by atoms with Crippen molar-refractivity contribution >= 4 is 29.5 Å². The van der Waals surface area contributed by atoms with E-state index in [1.54, 1.807) is 18.1 Å². The van der Waals surface area contributed by atoms with Gasteiger partial charge in [-0.25, -0.2) is 9.98 Å². The van der Waals surface area contributed by atoms with Gasteiger partial charge in [-0.2, -0.15) is 0 Å². The molecule has 5 rings (SSSR count). The molecule has 0 aromatic heterocycles. The number of rotatable bonds is 0. The van der Waals surface area contributed by atoms with Crippen molar-refractivity contribution < 1.29 is 4.74 Å². The number of ether oxygens (including phenoxy) is 1. The predicted octanol–water partition coefficient (Wildman–Crippen LogP) is 2.82. The Hall–Kier alpha value is -2.14. The van der Waals surface area contributed by atoms with E-state index in [2.05, 4.69) is 28.2 Å². The average molecular weight is 293 g/mol. The van der Waals surface area contributed by atoms with Gasteiger partial charge in [0.2, 0.25) is 0 Å². The zero-order valence-corrected chi connectivity index (χ0v) is 11.9. The van der Waals surface area contributed by atoms with E-state index < -0.39 is 5.41 Å². The third-order valence-corrected chi connectivity index (χ3v) is 5.18. The van der Waals surface area contributed by atoms with Crippen LogP contribution in [-0.2, 0) is 0 Å². The van der Waals surface area contributed by atoms with Crippen LogP contribution in [0.5, 0.6) is 5.75 Å². The fraction of sp³-hybridized carbons (Fsp3) is 0.188. The first kappa shape index (κ1) is 11.5. The molecule has 0 saturated heterocycles. The third-order valence-electron chi connectivity index (χ3n) is 4.28. The Morgan fingerprint density at radius 1 is 1.14 bits per heavy atom. The van der Waals surface area contributed by atoms with Crippen molar-refractivity contribution in [3.8, 4) is 5.75 Å². The first-order chi connectivity index (χ1) is 10.4. The van der Waals surface area contributed by atoms with E-state index in [1.165, 1.54) is 4.91 Å². The van der Waals surface area contributed by atoms with E-state index in [9.17, 15) is 0 Å². The summed E-state index contributed by atoms with van der Waals surface area (Å²) in [5, 5.41) is 0. The molecule has 0 amide bonds. The predicted molar refractivity (Wildman–Crippen MR) is 85.5 cm³/mol. The summed E-state index contributed by atoms with van der Waals surface area (Å²) >= 11 is 1.76. The summed E-state index contributed by atoms with van der Waals surface area (Å²) in [6, 6.07) is 8.06. The van der Waals surface area contributed by atoms with Crippen LogP contribution >= 0.6 is 11.8 Å². The largest absolute Gasteiger partial charge is 0.491 e. The first-order valence-electron chi connectivity index (χ1n) is 6.83. The van der Waals surface area contributed by atoms with Crippen molar-refractivity contribution in [2.24, 2.45) is 20.4 Å². The molecular weight excluding hydrogens is 282 g/mol. The average Bonchev–Trinajstić information content (AvgIpc) is 3.03. The van der Waals surface area contributed by atoms with Gasteiger partial charge in [0.25, 0.3) is 0 Å². The second-order valence-electron chi connectivity index (χ2n) is 5.28. The van der Waals surface area contributed by atoms with Crippen LogP contribution < -0.4 is 4.74 Å². The van der Waals surface area contributed by atoms with E-state index in [-0.39, 0.29) is 0 Å². The van der Waals surface area contributed by atoms with Crippen LogP contribution in [0.25, 0.3) is 0 Å². The van der Waals surface area contributed by atoms with Gasteiger partial charge in [-0.05, 0) is 24.3 Å². The van der Waals surface area contributed by atoms with Crippen molar-refractivity contribution in [2.45, 2.75) is 0 Å². The van der Waals surface area contributed by atoms with E-state index in [1.807, 2.05) is 18.2 Å². The summed E-state index contributed by atoms with van der Waals surface area (Å²) in [5.41, 5.74) is 3.66. The number of para-hydroxylation sites is 1. The zero-order chi connectivity index (χ0) is 13.9. The van der Waals surface area contributed by atoms with Gasteiger partial charge in [0.05, 0.1) is 23.0 Å². The number of hydrogen-bond donors (Lipinski definition) is 0. The molecule has 1 aliphatic carbocycles. The number of nitrogens with zero attached hydrogens (tertiary/aromatic N) is 3. The maximum absolute atomic E-state index is 6.05. The van der Waals surface area contributed by atoms with Crippen LogP contribution in [0.1, 0.15) is 5.56 Å². The van der Waals surface area contributed by atoms with Crippen molar-refractivity contribution in [1.29, 1.82) is 0 Å². The molecule has 4 aliphatic rings. The number of hydrogen-bond acceptors (Lipinski definition) is 5. The second kappa shape index (κ2) is 3.95. The number of fused-ring (bicyclic) bond motifs is 3. The van der Waals surface area contributed by atoms with E-state index in [0.29, 0.717) is 6.61 Å². The highest BCUT2D eigenvalue weighted by Gasteiger charge is 2.53. The van der Waals surface area contributed by atoms with Crippen LogP contribution in [-0.4, -0.2) is 30.2 Å². The summed E-state index contributed by atoms with van der Waals surface area (Å²) < 4.78 is 6.05. The molecule has 5 heteroatoms. The van der Waals surface area contributed by atoms with E-state index >= 15 is 0 Å². The molecule has 3 aliphatic heterocycles. The van der Waals surface area contributed by atoms with Gasteiger partial charge in [0, 0.05) is 10.5 Å². The van der Waals surface area contributed by atoms with E-state index in [4.69, 9.17) is 9.73 Å². The summed E-state index contributed by atoms with van der Waals surface area (Å²) in [6.45, 7) is 0.517. The minimum absolute atomic E-state index is 0.434. The molecule has 0 N–H and O–H groups in total. The lowest BCUT2D eigenvalue weighted by Gasteiger charge is -2.42. The zero-order valence-electron chi connectivity index (χ0n) is 11.1. The maximum atomic E-state index is 6.05. The molecule has 1 aromatic carbocycles. The number of benzene rings is 1. The van der Waals surface area contributed by atoms with Crippen LogP contribution in [0.4, 0.5) is 0 Å². The Morgan fingerprint density at radius 2 is 2.10 bits per heavy atom. The lowest BCUT2D eigenvalue weighted by molar-refractivity contribution is 0.261. The Morgan fingerprint density at radius 3 is 3.10 bits per heavy atom. The van der Waals surface area contributed by atoms with Crippen molar-refractivity contribution in [1.82, 2.24) is 0 Å². The van der Waals surface area contributed by atoms with Gasteiger partial charge in [0.1, 0.15) is 24.1 Å². The quantitative estimate of drug-likeness (QED) is 0.738. The van der Waals surface area contributed by atoms with Crippen LogP contribution in [0.3, 0.4) is 0 Å². The van der Waals surface area contributed by atoms with E-state index in [0.717, 1.165) is 34.3 Å². The number of thioether (sulfide) groups is 1. The summed E-state index contributed by atoms with van der Waals surface area (Å²) in [6.07, 6.45) is 5.83. The Labute approximate surface area is 126 Å². The maximum Gasteiger partial charge on any atom is 0.132 e. The van der Waals surface area contributed by atoms with Gasteiger partial charge < -0.3 is 4.74 Å². The standard InChI is InChI=1S/C16H11N3OS/c1-2-4-11-10(3-1)14-16(7-20-11)13(17-8-18-14)6-5-12-15(16)19-9-21-12/h1-6,8H,7,9H2. The topological polar surface area (TPSA) is 46.3 Å². The summed E-state index contributed by atoms with van der Waals surface area (Å²) in [5.74, 6) is 1.65. The van der Waals surface area contributed by atoms with Crippen LogP contribution in [0.15, 0.2) is 62.0 Å². The minimum Gasteiger partial charge on any atom is -0.491 e. The second-order valence-corrected chi connectivity index (χ2v) is 6.26. The van der Waals surface area contributed by atoms with Gasteiger partial charge in [0.15, 0.2) is 0 Å². The van der Waals surface area contributed by atoms with Crippen molar-refractivity contribution in [3.05, 3.63) is 52.6 Å².